The van der Waals surface area contributed by atoms with E-state index < -0.39 is 0 Å². The minimum atomic E-state index is -0.141. The first-order valence-electron chi connectivity index (χ1n) is 10.3. The highest BCUT2D eigenvalue weighted by atomic mass is 16.4. The zero-order valence-electron chi connectivity index (χ0n) is 17.5. The predicted octanol–water partition coefficient (Wildman–Crippen LogP) is 4.46. The maximum absolute atomic E-state index is 12.6. The van der Waals surface area contributed by atoms with E-state index in [2.05, 4.69) is 20.5 Å². The number of rotatable bonds is 6. The molecule has 1 N–H and O–H groups in total. The first kappa shape index (κ1) is 19.7. The topological polar surface area (TPSA) is 85.3 Å². The average molecular weight is 423 g/mol. The summed E-state index contributed by atoms with van der Waals surface area (Å²) >= 11 is 0. The number of benzene rings is 2. The number of fused-ring (bicyclic) bond motifs is 1. The maximum atomic E-state index is 12.6. The highest BCUT2D eigenvalue weighted by Crippen LogP contribution is 2.22. The van der Waals surface area contributed by atoms with E-state index in [1.807, 2.05) is 90.3 Å². The van der Waals surface area contributed by atoms with Gasteiger partial charge in [0.25, 0.3) is 0 Å². The number of carbonyl (C=O) groups excluding carboxylic acids is 1. The number of nitrogens with one attached hydrogen (secondary N) is 1. The van der Waals surface area contributed by atoms with Crippen LogP contribution in [0.25, 0.3) is 17.1 Å². The van der Waals surface area contributed by atoms with Crippen molar-refractivity contribution in [2.75, 3.05) is 5.32 Å². The molecule has 0 aliphatic rings. The summed E-state index contributed by atoms with van der Waals surface area (Å²) in [4.78, 5) is 17.1. The number of aryl methyl sites for hydroxylation is 1. The van der Waals surface area contributed by atoms with Crippen LogP contribution in [-0.2, 0) is 17.6 Å². The molecule has 0 bridgehead atoms. The molecule has 0 spiro atoms. The number of anilines is 1. The first-order chi connectivity index (χ1) is 15.7. The molecule has 3 aromatic heterocycles. The molecule has 0 unspecified atom stereocenters. The van der Waals surface area contributed by atoms with Crippen LogP contribution in [0.2, 0.25) is 0 Å². The van der Waals surface area contributed by atoms with Crippen LogP contribution in [0.1, 0.15) is 22.8 Å². The van der Waals surface area contributed by atoms with E-state index in [4.69, 9.17) is 4.42 Å². The van der Waals surface area contributed by atoms with E-state index in [0.717, 1.165) is 28.3 Å². The van der Waals surface area contributed by atoms with Gasteiger partial charge in [0.05, 0.1) is 12.1 Å². The Balaban J connectivity index is 1.23. The van der Waals surface area contributed by atoms with Crippen molar-refractivity contribution in [2.24, 2.45) is 0 Å². The quantitative estimate of drug-likeness (QED) is 0.436. The molecule has 7 nitrogen and oxygen atoms in total. The molecule has 5 rings (SSSR count). The third-order valence-corrected chi connectivity index (χ3v) is 5.23. The lowest BCUT2D eigenvalue weighted by molar-refractivity contribution is -0.115. The molecule has 32 heavy (non-hydrogen) atoms. The molecule has 2 aromatic carbocycles. The number of carbonyl (C=O) groups is 1. The molecule has 5 aromatic rings. The summed E-state index contributed by atoms with van der Waals surface area (Å²) < 4.78 is 7.72. The Kier molecular flexibility index (Phi) is 5.21. The Hall–Kier alpha value is -4.26. The zero-order chi connectivity index (χ0) is 21.9. The van der Waals surface area contributed by atoms with Crippen molar-refractivity contribution in [1.29, 1.82) is 0 Å². The number of hydrogen-bond donors (Lipinski definition) is 1. The van der Waals surface area contributed by atoms with E-state index in [9.17, 15) is 4.79 Å². The van der Waals surface area contributed by atoms with E-state index in [0.29, 0.717) is 23.8 Å². The predicted molar refractivity (Wildman–Crippen MR) is 121 cm³/mol. The Morgan fingerprint density at radius 2 is 1.75 bits per heavy atom. The van der Waals surface area contributed by atoms with E-state index in [1.54, 1.807) is 0 Å². The highest BCUT2D eigenvalue weighted by Gasteiger charge is 2.15. The van der Waals surface area contributed by atoms with Crippen LogP contribution < -0.4 is 5.32 Å². The van der Waals surface area contributed by atoms with Gasteiger partial charge in [-0.25, -0.2) is 4.98 Å². The van der Waals surface area contributed by atoms with E-state index in [-0.39, 0.29) is 12.3 Å². The van der Waals surface area contributed by atoms with E-state index >= 15 is 0 Å². The van der Waals surface area contributed by atoms with Crippen molar-refractivity contribution in [2.45, 2.75) is 19.8 Å². The third-order valence-electron chi connectivity index (χ3n) is 5.23. The highest BCUT2D eigenvalue weighted by molar-refractivity contribution is 5.92. The van der Waals surface area contributed by atoms with E-state index in [1.165, 1.54) is 0 Å². The number of hydrogen-bond acceptors (Lipinski definition) is 5. The SMILES string of the molecule is Cc1oc(-c2ccccc2)nc1CC(=O)Nc1ccc(Cc2nnc3ccccn23)cc1. The summed E-state index contributed by atoms with van der Waals surface area (Å²) in [7, 11) is 0. The molecular formula is C25H21N5O2. The molecule has 0 saturated carbocycles. The van der Waals surface area contributed by atoms with Crippen molar-refractivity contribution in [3.8, 4) is 11.5 Å². The van der Waals surface area contributed by atoms with Gasteiger partial charge in [-0.15, -0.1) is 10.2 Å². The van der Waals surface area contributed by atoms with Crippen LogP contribution in [0.3, 0.4) is 0 Å². The molecule has 0 aliphatic heterocycles. The minimum absolute atomic E-state index is 0.141. The number of nitrogens with zero attached hydrogens (tertiary/aromatic N) is 4. The molecule has 0 aliphatic carbocycles. The zero-order valence-corrected chi connectivity index (χ0v) is 17.5. The lowest BCUT2D eigenvalue weighted by Gasteiger charge is -2.06. The number of aromatic nitrogens is 4. The summed E-state index contributed by atoms with van der Waals surface area (Å²) in [6, 6.07) is 23.2. The standard InChI is InChI=1S/C25H21N5O2/c1-17-21(27-25(32-17)19-7-3-2-4-8-19)16-24(31)26-20-12-10-18(11-13-20)15-23-29-28-22-9-5-6-14-30(22)23/h2-14H,15-16H2,1H3,(H,26,31). The molecule has 0 atom stereocenters. The molecule has 158 valence electrons. The fourth-order valence-corrected chi connectivity index (χ4v) is 3.55. The molecule has 3 heterocycles. The summed E-state index contributed by atoms with van der Waals surface area (Å²) in [5.74, 6) is 1.90. The molecule has 0 fully saturated rings. The van der Waals surface area contributed by atoms with Gasteiger partial charge in [0.2, 0.25) is 11.8 Å². The number of amides is 1. The fourth-order valence-electron chi connectivity index (χ4n) is 3.55. The number of oxazole rings is 1. The molecular weight excluding hydrogens is 402 g/mol. The smallest absolute Gasteiger partial charge is 0.230 e. The monoisotopic (exact) mass is 423 g/mol. The van der Waals surface area contributed by atoms with Crippen LogP contribution >= 0.6 is 0 Å². The molecule has 7 heteroatoms. The fraction of sp³-hybridized carbons (Fsp3) is 0.120. The summed E-state index contributed by atoms with van der Waals surface area (Å²) in [6.45, 7) is 1.82. The van der Waals surface area contributed by atoms with Crippen LogP contribution in [0.15, 0.2) is 83.4 Å². The first-order valence-corrected chi connectivity index (χ1v) is 10.3. The van der Waals surface area contributed by atoms with Crippen LogP contribution in [-0.4, -0.2) is 25.5 Å². The van der Waals surface area contributed by atoms with Crippen LogP contribution in [0.5, 0.6) is 0 Å². The van der Waals surface area contributed by atoms with Crippen molar-refractivity contribution in [1.82, 2.24) is 19.6 Å². The van der Waals surface area contributed by atoms with Crippen molar-refractivity contribution in [3.63, 3.8) is 0 Å². The second-order valence-electron chi connectivity index (χ2n) is 7.53. The minimum Gasteiger partial charge on any atom is -0.441 e. The third kappa shape index (κ3) is 4.13. The van der Waals surface area contributed by atoms with Gasteiger partial charge in [-0.2, -0.15) is 0 Å². The summed E-state index contributed by atoms with van der Waals surface area (Å²) in [6.07, 6.45) is 2.75. The van der Waals surface area contributed by atoms with Crippen molar-refractivity contribution >= 4 is 17.2 Å². The maximum Gasteiger partial charge on any atom is 0.230 e. The second kappa shape index (κ2) is 8.47. The second-order valence-corrected chi connectivity index (χ2v) is 7.53. The molecule has 0 radical (unpaired) electrons. The van der Waals surface area contributed by atoms with Gasteiger partial charge < -0.3 is 9.73 Å². The van der Waals surface area contributed by atoms with Gasteiger partial charge in [-0.05, 0) is 48.9 Å². The number of pyridine rings is 1. The lowest BCUT2D eigenvalue weighted by Crippen LogP contribution is -2.15. The average Bonchev–Trinajstić information content (AvgIpc) is 3.39. The van der Waals surface area contributed by atoms with Gasteiger partial charge in [0.1, 0.15) is 11.6 Å². The normalized spacial score (nSPS) is 11.0. The van der Waals surface area contributed by atoms with Gasteiger partial charge in [-0.3, -0.25) is 9.20 Å². The Labute approximate surface area is 184 Å². The summed E-state index contributed by atoms with van der Waals surface area (Å²) in [5, 5.41) is 11.4. The molecule has 1 amide bonds. The van der Waals surface area contributed by atoms with Crippen LogP contribution in [0, 0.1) is 6.92 Å². The Morgan fingerprint density at radius 1 is 0.969 bits per heavy atom. The lowest BCUT2D eigenvalue weighted by atomic mass is 10.1. The van der Waals surface area contributed by atoms with Gasteiger partial charge in [0.15, 0.2) is 5.65 Å². The summed E-state index contributed by atoms with van der Waals surface area (Å²) in [5.41, 5.74) is 4.16. The van der Waals surface area contributed by atoms with Crippen molar-refractivity contribution < 1.29 is 9.21 Å². The molecule has 0 saturated heterocycles. The van der Waals surface area contributed by atoms with Gasteiger partial charge in [-0.1, -0.05) is 36.4 Å². The Bertz CT molecular complexity index is 1370. The van der Waals surface area contributed by atoms with Crippen LogP contribution in [0.4, 0.5) is 5.69 Å². The van der Waals surface area contributed by atoms with Gasteiger partial charge in [0, 0.05) is 23.9 Å². The van der Waals surface area contributed by atoms with Crippen molar-refractivity contribution in [3.05, 3.63) is 102 Å². The largest absolute Gasteiger partial charge is 0.441 e. The Morgan fingerprint density at radius 3 is 2.56 bits per heavy atom. The van der Waals surface area contributed by atoms with Gasteiger partial charge >= 0.3 is 0 Å².